The largest absolute Gasteiger partial charge is 0.481 e. The molecule has 1 aromatic heterocycles. The first kappa shape index (κ1) is 15.3. The van der Waals surface area contributed by atoms with E-state index in [4.69, 9.17) is 5.11 Å². The molecule has 0 atom stereocenters. The highest BCUT2D eigenvalue weighted by molar-refractivity contribution is 9.11. The van der Waals surface area contributed by atoms with E-state index in [0.29, 0.717) is 6.54 Å². The molecule has 1 aliphatic rings. The standard InChI is InChI=1S/C13H17BrN2O3S/c1-16(7-9-5-10(14)20-8-9)12(19)15-13(3-2-4-13)6-11(17)18/h5,8H,2-4,6-7H2,1H3,(H,15,19)(H,17,18). The first-order chi connectivity index (χ1) is 9.40. The second-order valence-corrected chi connectivity index (χ2v) is 7.54. The molecule has 1 aromatic rings. The van der Waals surface area contributed by atoms with Gasteiger partial charge >= 0.3 is 12.0 Å². The van der Waals surface area contributed by atoms with E-state index in [0.717, 1.165) is 28.6 Å². The van der Waals surface area contributed by atoms with Gasteiger partial charge in [0.25, 0.3) is 0 Å². The van der Waals surface area contributed by atoms with Gasteiger partial charge < -0.3 is 15.3 Å². The Morgan fingerprint density at radius 2 is 2.25 bits per heavy atom. The smallest absolute Gasteiger partial charge is 0.317 e. The van der Waals surface area contributed by atoms with Crippen LogP contribution in [0.5, 0.6) is 0 Å². The van der Waals surface area contributed by atoms with Gasteiger partial charge in [0.05, 0.1) is 15.7 Å². The second-order valence-electron chi connectivity index (χ2n) is 5.25. The lowest BCUT2D eigenvalue weighted by Crippen LogP contribution is -2.57. The summed E-state index contributed by atoms with van der Waals surface area (Å²) in [5, 5.41) is 13.8. The molecule has 0 unspecified atom stereocenters. The van der Waals surface area contributed by atoms with Crippen molar-refractivity contribution in [3.05, 3.63) is 20.8 Å². The zero-order valence-corrected chi connectivity index (χ0v) is 13.6. The van der Waals surface area contributed by atoms with Crippen LogP contribution in [0, 0.1) is 0 Å². The van der Waals surface area contributed by atoms with Gasteiger partial charge in [0.15, 0.2) is 0 Å². The summed E-state index contributed by atoms with van der Waals surface area (Å²) < 4.78 is 1.03. The Morgan fingerprint density at radius 3 is 2.70 bits per heavy atom. The molecule has 1 heterocycles. The van der Waals surface area contributed by atoms with E-state index >= 15 is 0 Å². The number of halogens is 1. The van der Waals surface area contributed by atoms with Crippen LogP contribution >= 0.6 is 27.3 Å². The highest BCUT2D eigenvalue weighted by Crippen LogP contribution is 2.35. The quantitative estimate of drug-likeness (QED) is 0.847. The Balaban J connectivity index is 1.91. The van der Waals surface area contributed by atoms with Gasteiger partial charge in [-0.15, -0.1) is 11.3 Å². The molecule has 110 valence electrons. The summed E-state index contributed by atoms with van der Waals surface area (Å²) in [5.41, 5.74) is 0.507. The molecule has 5 nitrogen and oxygen atoms in total. The van der Waals surface area contributed by atoms with Crippen molar-refractivity contribution < 1.29 is 14.7 Å². The Morgan fingerprint density at radius 1 is 1.55 bits per heavy atom. The number of carboxylic acids is 1. The maximum absolute atomic E-state index is 12.2. The first-order valence-corrected chi connectivity index (χ1v) is 8.05. The van der Waals surface area contributed by atoms with Gasteiger partial charge in [-0.3, -0.25) is 4.79 Å². The number of amides is 2. The van der Waals surface area contributed by atoms with E-state index < -0.39 is 11.5 Å². The number of hydrogen-bond donors (Lipinski definition) is 2. The van der Waals surface area contributed by atoms with Crippen LogP contribution in [0.25, 0.3) is 0 Å². The normalized spacial score (nSPS) is 16.3. The van der Waals surface area contributed by atoms with Crippen molar-refractivity contribution in [2.45, 2.75) is 37.8 Å². The molecule has 0 bridgehead atoms. The molecule has 0 aliphatic heterocycles. The zero-order valence-electron chi connectivity index (χ0n) is 11.2. The average Bonchev–Trinajstić information content (AvgIpc) is 2.71. The highest BCUT2D eigenvalue weighted by Gasteiger charge is 2.40. The Labute approximate surface area is 130 Å². The maximum atomic E-state index is 12.2. The lowest BCUT2D eigenvalue weighted by atomic mass is 9.74. The van der Waals surface area contributed by atoms with Gasteiger partial charge in [-0.25, -0.2) is 4.79 Å². The molecule has 0 saturated heterocycles. The minimum atomic E-state index is -0.866. The molecule has 7 heteroatoms. The summed E-state index contributed by atoms with van der Waals surface area (Å²) >= 11 is 4.97. The third-order valence-corrected chi connectivity index (χ3v) is 5.11. The average molecular weight is 361 g/mol. The van der Waals surface area contributed by atoms with E-state index in [2.05, 4.69) is 21.2 Å². The Bertz CT molecular complexity index is 513. The minimum absolute atomic E-state index is 0.00339. The highest BCUT2D eigenvalue weighted by atomic mass is 79.9. The van der Waals surface area contributed by atoms with Gasteiger partial charge in [0, 0.05) is 13.6 Å². The number of urea groups is 1. The van der Waals surface area contributed by atoms with Crippen molar-refractivity contribution >= 4 is 39.3 Å². The monoisotopic (exact) mass is 360 g/mol. The van der Waals surface area contributed by atoms with Crippen LogP contribution in [0.4, 0.5) is 4.79 Å². The molecule has 2 N–H and O–H groups in total. The number of carboxylic acid groups (broad SMARTS) is 1. The lowest BCUT2D eigenvalue weighted by molar-refractivity contribution is -0.139. The van der Waals surface area contributed by atoms with Crippen molar-refractivity contribution in [3.63, 3.8) is 0 Å². The third-order valence-electron chi connectivity index (χ3n) is 3.56. The number of aliphatic carboxylic acids is 1. The summed E-state index contributed by atoms with van der Waals surface area (Å²) in [6.45, 7) is 0.511. The molecule has 2 amide bonds. The summed E-state index contributed by atoms with van der Waals surface area (Å²) in [7, 11) is 1.72. The van der Waals surface area contributed by atoms with Crippen LogP contribution in [0.3, 0.4) is 0 Å². The number of rotatable bonds is 5. The predicted octanol–water partition coefficient (Wildman–Crippen LogP) is 3.05. The van der Waals surface area contributed by atoms with Crippen molar-refractivity contribution in [1.82, 2.24) is 10.2 Å². The number of hydrogen-bond acceptors (Lipinski definition) is 3. The number of carbonyl (C=O) groups is 2. The fourth-order valence-corrected chi connectivity index (χ4v) is 3.54. The van der Waals surface area contributed by atoms with Crippen LogP contribution in [0.2, 0.25) is 0 Å². The molecule has 0 radical (unpaired) electrons. The van der Waals surface area contributed by atoms with Crippen LogP contribution in [0.15, 0.2) is 15.2 Å². The van der Waals surface area contributed by atoms with Crippen LogP contribution in [0.1, 0.15) is 31.2 Å². The molecule has 20 heavy (non-hydrogen) atoms. The van der Waals surface area contributed by atoms with E-state index in [1.807, 2.05) is 11.4 Å². The third kappa shape index (κ3) is 3.73. The van der Waals surface area contributed by atoms with E-state index in [1.165, 1.54) is 0 Å². The Kier molecular flexibility index (Phi) is 4.70. The number of carbonyl (C=O) groups excluding carboxylic acids is 1. The fourth-order valence-electron chi connectivity index (χ4n) is 2.34. The fraction of sp³-hybridized carbons (Fsp3) is 0.538. The predicted molar refractivity (Wildman–Crippen MR) is 80.9 cm³/mol. The molecule has 0 aromatic carbocycles. The summed E-state index contributed by atoms with van der Waals surface area (Å²) in [5.74, 6) is -0.866. The van der Waals surface area contributed by atoms with E-state index in [-0.39, 0.29) is 12.5 Å². The zero-order chi connectivity index (χ0) is 14.8. The first-order valence-electron chi connectivity index (χ1n) is 6.38. The van der Waals surface area contributed by atoms with Crippen LogP contribution in [-0.4, -0.2) is 34.6 Å². The molecular weight excluding hydrogens is 344 g/mol. The van der Waals surface area contributed by atoms with Gasteiger partial charge in [-0.1, -0.05) is 0 Å². The van der Waals surface area contributed by atoms with Crippen molar-refractivity contribution in [1.29, 1.82) is 0 Å². The van der Waals surface area contributed by atoms with Crippen LogP contribution in [-0.2, 0) is 11.3 Å². The van der Waals surface area contributed by atoms with E-state index in [1.54, 1.807) is 23.3 Å². The van der Waals surface area contributed by atoms with Crippen molar-refractivity contribution in [2.24, 2.45) is 0 Å². The summed E-state index contributed by atoms with van der Waals surface area (Å²) in [6.07, 6.45) is 2.44. The number of nitrogens with one attached hydrogen (secondary N) is 1. The van der Waals surface area contributed by atoms with Gasteiger partial charge in [0.2, 0.25) is 0 Å². The molecular formula is C13H17BrN2O3S. The molecule has 1 saturated carbocycles. The van der Waals surface area contributed by atoms with Gasteiger partial charge in [-0.2, -0.15) is 0 Å². The molecule has 0 spiro atoms. The van der Waals surface area contributed by atoms with Gasteiger partial charge in [0.1, 0.15) is 0 Å². The summed E-state index contributed by atoms with van der Waals surface area (Å²) in [4.78, 5) is 24.6. The van der Waals surface area contributed by atoms with Gasteiger partial charge in [-0.05, 0) is 52.2 Å². The maximum Gasteiger partial charge on any atom is 0.317 e. The lowest BCUT2D eigenvalue weighted by Gasteiger charge is -2.42. The number of thiophene rings is 1. The Hall–Kier alpha value is -1.08. The van der Waals surface area contributed by atoms with Crippen molar-refractivity contribution in [3.8, 4) is 0 Å². The topological polar surface area (TPSA) is 69.6 Å². The van der Waals surface area contributed by atoms with Crippen LogP contribution < -0.4 is 5.32 Å². The minimum Gasteiger partial charge on any atom is -0.481 e. The number of nitrogens with zero attached hydrogens (tertiary/aromatic N) is 1. The van der Waals surface area contributed by atoms with E-state index in [9.17, 15) is 9.59 Å². The second kappa shape index (κ2) is 6.13. The molecule has 1 aliphatic carbocycles. The molecule has 1 fully saturated rings. The SMILES string of the molecule is CN(Cc1csc(Br)c1)C(=O)NC1(CC(=O)O)CCC1. The van der Waals surface area contributed by atoms with Crippen molar-refractivity contribution in [2.75, 3.05) is 7.05 Å². The summed E-state index contributed by atoms with van der Waals surface area (Å²) in [6, 6.07) is 1.76. The molecule has 2 rings (SSSR count).